The lowest BCUT2D eigenvalue weighted by molar-refractivity contribution is 0.232. The SMILES string of the molecule is CN=C(NCCN1CCCCC1)NCC1(C2CC2)CC1. The molecule has 2 aliphatic carbocycles. The number of nitrogens with zero attached hydrogens (tertiary/aromatic N) is 2. The number of rotatable bonds is 6. The average Bonchev–Trinajstić information content (AvgIpc) is 3.37. The molecule has 3 rings (SSSR count). The van der Waals surface area contributed by atoms with Crippen LogP contribution in [0.3, 0.4) is 0 Å². The van der Waals surface area contributed by atoms with E-state index in [0.717, 1.165) is 31.5 Å². The lowest BCUT2D eigenvalue weighted by atomic mass is 10.0. The first-order valence-electron chi connectivity index (χ1n) is 8.49. The number of nitrogens with one attached hydrogen (secondary N) is 2. The maximum Gasteiger partial charge on any atom is 0.191 e. The Hall–Kier alpha value is -0.770. The summed E-state index contributed by atoms with van der Waals surface area (Å²) < 4.78 is 0. The van der Waals surface area contributed by atoms with Gasteiger partial charge in [0.2, 0.25) is 0 Å². The van der Waals surface area contributed by atoms with Crippen molar-refractivity contribution in [3.05, 3.63) is 0 Å². The molecule has 0 spiro atoms. The van der Waals surface area contributed by atoms with Crippen molar-refractivity contribution in [1.82, 2.24) is 15.5 Å². The Bertz CT molecular complexity index is 338. The maximum absolute atomic E-state index is 4.36. The summed E-state index contributed by atoms with van der Waals surface area (Å²) in [4.78, 5) is 6.92. The first-order valence-corrected chi connectivity index (χ1v) is 8.49. The van der Waals surface area contributed by atoms with Crippen LogP contribution in [0.4, 0.5) is 0 Å². The predicted octanol–water partition coefficient (Wildman–Crippen LogP) is 1.83. The first-order chi connectivity index (χ1) is 9.82. The zero-order chi connectivity index (χ0) is 13.8. The number of hydrogen-bond donors (Lipinski definition) is 2. The monoisotopic (exact) mass is 278 g/mol. The highest BCUT2D eigenvalue weighted by molar-refractivity contribution is 5.79. The fourth-order valence-corrected chi connectivity index (χ4v) is 3.58. The Balaban J connectivity index is 1.32. The third kappa shape index (κ3) is 3.66. The van der Waals surface area contributed by atoms with Crippen molar-refractivity contribution in [1.29, 1.82) is 0 Å². The van der Waals surface area contributed by atoms with E-state index >= 15 is 0 Å². The van der Waals surface area contributed by atoms with Gasteiger partial charge in [-0.25, -0.2) is 0 Å². The predicted molar refractivity (Wildman–Crippen MR) is 84.0 cm³/mol. The molecule has 2 N–H and O–H groups in total. The van der Waals surface area contributed by atoms with Crippen molar-refractivity contribution in [2.24, 2.45) is 16.3 Å². The standard InChI is InChI=1S/C16H30N4/c1-17-15(18-9-12-20-10-3-2-4-11-20)19-13-16(7-8-16)14-5-6-14/h14H,2-13H2,1H3,(H2,17,18,19). The zero-order valence-corrected chi connectivity index (χ0v) is 13.0. The van der Waals surface area contributed by atoms with E-state index in [4.69, 9.17) is 0 Å². The first kappa shape index (κ1) is 14.2. The normalized spacial score (nSPS) is 26.4. The van der Waals surface area contributed by atoms with Crippen LogP contribution in [-0.2, 0) is 0 Å². The zero-order valence-electron chi connectivity index (χ0n) is 13.0. The van der Waals surface area contributed by atoms with E-state index in [0.29, 0.717) is 5.41 Å². The van der Waals surface area contributed by atoms with Crippen LogP contribution in [0.1, 0.15) is 44.9 Å². The summed E-state index contributed by atoms with van der Waals surface area (Å²) in [5.41, 5.74) is 0.643. The molecular weight excluding hydrogens is 248 g/mol. The molecule has 0 bridgehead atoms. The van der Waals surface area contributed by atoms with E-state index in [1.54, 1.807) is 0 Å². The molecule has 114 valence electrons. The summed E-state index contributed by atoms with van der Waals surface area (Å²) in [6.07, 6.45) is 9.93. The molecule has 1 saturated heterocycles. The second-order valence-corrected chi connectivity index (χ2v) is 6.89. The lowest BCUT2D eigenvalue weighted by Crippen LogP contribution is -2.44. The molecule has 0 amide bonds. The van der Waals surface area contributed by atoms with Gasteiger partial charge in [0.25, 0.3) is 0 Å². The van der Waals surface area contributed by atoms with Gasteiger partial charge in [-0.15, -0.1) is 0 Å². The molecule has 4 nitrogen and oxygen atoms in total. The van der Waals surface area contributed by atoms with Crippen LogP contribution in [0, 0.1) is 11.3 Å². The van der Waals surface area contributed by atoms with Crippen molar-refractivity contribution in [3.63, 3.8) is 0 Å². The molecule has 0 aromatic rings. The molecule has 0 atom stereocenters. The van der Waals surface area contributed by atoms with E-state index in [1.165, 1.54) is 58.0 Å². The van der Waals surface area contributed by atoms with Gasteiger partial charge in [-0.3, -0.25) is 4.99 Å². The average molecular weight is 278 g/mol. The summed E-state index contributed by atoms with van der Waals surface area (Å²) in [7, 11) is 1.88. The number of likely N-dealkylation sites (tertiary alicyclic amines) is 1. The highest BCUT2D eigenvalue weighted by Crippen LogP contribution is 2.60. The van der Waals surface area contributed by atoms with Crippen LogP contribution in [0.2, 0.25) is 0 Å². The lowest BCUT2D eigenvalue weighted by Gasteiger charge is -2.26. The number of aliphatic imine (C=N–C) groups is 1. The van der Waals surface area contributed by atoms with E-state index in [9.17, 15) is 0 Å². The second-order valence-electron chi connectivity index (χ2n) is 6.89. The summed E-state index contributed by atoms with van der Waals surface area (Å²) in [6, 6.07) is 0. The Kier molecular flexibility index (Phi) is 4.49. The van der Waals surface area contributed by atoms with Crippen molar-refractivity contribution in [3.8, 4) is 0 Å². The molecule has 0 aromatic carbocycles. The number of piperidine rings is 1. The van der Waals surface area contributed by atoms with Gasteiger partial charge in [0.1, 0.15) is 0 Å². The Morgan fingerprint density at radius 1 is 1.15 bits per heavy atom. The van der Waals surface area contributed by atoms with Crippen LogP contribution in [0.25, 0.3) is 0 Å². The number of guanidine groups is 1. The van der Waals surface area contributed by atoms with Gasteiger partial charge in [0.15, 0.2) is 5.96 Å². The molecule has 0 unspecified atom stereocenters. The van der Waals surface area contributed by atoms with E-state index in [1.807, 2.05) is 7.05 Å². The molecule has 0 aromatic heterocycles. The topological polar surface area (TPSA) is 39.7 Å². The fraction of sp³-hybridized carbons (Fsp3) is 0.938. The van der Waals surface area contributed by atoms with Gasteiger partial charge >= 0.3 is 0 Å². The van der Waals surface area contributed by atoms with Crippen LogP contribution in [-0.4, -0.2) is 50.6 Å². The van der Waals surface area contributed by atoms with Crippen molar-refractivity contribution < 1.29 is 0 Å². The Morgan fingerprint density at radius 2 is 1.90 bits per heavy atom. The second kappa shape index (κ2) is 6.33. The molecular formula is C16H30N4. The minimum Gasteiger partial charge on any atom is -0.356 e. The van der Waals surface area contributed by atoms with Crippen molar-refractivity contribution in [2.75, 3.05) is 39.8 Å². The quantitative estimate of drug-likeness (QED) is 0.575. The van der Waals surface area contributed by atoms with Crippen LogP contribution >= 0.6 is 0 Å². The number of hydrogen-bond acceptors (Lipinski definition) is 2. The smallest absolute Gasteiger partial charge is 0.191 e. The minimum absolute atomic E-state index is 0.643. The molecule has 4 heteroatoms. The van der Waals surface area contributed by atoms with Crippen LogP contribution in [0.5, 0.6) is 0 Å². The third-order valence-corrected chi connectivity index (χ3v) is 5.34. The molecule has 1 heterocycles. The van der Waals surface area contributed by atoms with Gasteiger partial charge in [-0.2, -0.15) is 0 Å². The largest absolute Gasteiger partial charge is 0.356 e. The molecule has 3 aliphatic rings. The van der Waals surface area contributed by atoms with E-state index < -0.39 is 0 Å². The third-order valence-electron chi connectivity index (χ3n) is 5.34. The van der Waals surface area contributed by atoms with Crippen molar-refractivity contribution >= 4 is 5.96 Å². The summed E-state index contributed by atoms with van der Waals surface area (Å²) in [5, 5.41) is 7.03. The van der Waals surface area contributed by atoms with Gasteiger partial charge in [-0.1, -0.05) is 6.42 Å². The van der Waals surface area contributed by atoms with E-state index in [2.05, 4.69) is 20.5 Å². The van der Waals surface area contributed by atoms with Crippen molar-refractivity contribution in [2.45, 2.75) is 44.9 Å². The molecule has 20 heavy (non-hydrogen) atoms. The van der Waals surface area contributed by atoms with Gasteiger partial charge in [0.05, 0.1) is 0 Å². The Morgan fingerprint density at radius 3 is 2.50 bits per heavy atom. The molecule has 1 aliphatic heterocycles. The van der Waals surface area contributed by atoms with Gasteiger partial charge in [0, 0.05) is 26.7 Å². The van der Waals surface area contributed by atoms with Gasteiger partial charge < -0.3 is 15.5 Å². The fourth-order valence-electron chi connectivity index (χ4n) is 3.58. The van der Waals surface area contributed by atoms with E-state index in [-0.39, 0.29) is 0 Å². The Labute approximate surface area is 123 Å². The van der Waals surface area contributed by atoms with Crippen LogP contribution < -0.4 is 10.6 Å². The van der Waals surface area contributed by atoms with Crippen LogP contribution in [0.15, 0.2) is 4.99 Å². The summed E-state index contributed by atoms with van der Waals surface area (Å²) in [5.74, 6) is 2.01. The molecule has 0 radical (unpaired) electrons. The highest BCUT2D eigenvalue weighted by atomic mass is 15.2. The van der Waals surface area contributed by atoms with Gasteiger partial charge in [-0.05, 0) is 62.9 Å². The maximum atomic E-state index is 4.36. The minimum atomic E-state index is 0.643. The highest BCUT2D eigenvalue weighted by Gasteiger charge is 2.53. The summed E-state index contributed by atoms with van der Waals surface area (Å²) in [6.45, 7) is 5.84. The summed E-state index contributed by atoms with van der Waals surface area (Å²) >= 11 is 0. The molecule has 3 fully saturated rings. The molecule has 2 saturated carbocycles.